The van der Waals surface area contributed by atoms with E-state index < -0.39 is 10.8 Å². The number of halogens is 2. The third-order valence-electron chi connectivity index (χ3n) is 2.49. The second-order valence-electron chi connectivity index (χ2n) is 3.67. The Balaban J connectivity index is 3.05. The maximum Gasteiger partial charge on any atom is 0.206 e. The summed E-state index contributed by atoms with van der Waals surface area (Å²) in [7, 11) is 0.409. The molecule has 3 nitrogen and oxygen atoms in total. The molecule has 0 radical (unpaired) electrons. The van der Waals surface area contributed by atoms with Crippen LogP contribution in [0.3, 0.4) is 0 Å². The van der Waals surface area contributed by atoms with Crippen molar-refractivity contribution in [2.24, 2.45) is 7.05 Å². The summed E-state index contributed by atoms with van der Waals surface area (Å²) in [5.41, 5.74) is 0.322. The van der Waals surface area contributed by atoms with Crippen molar-refractivity contribution >= 4 is 44.9 Å². The van der Waals surface area contributed by atoms with Crippen LogP contribution in [0.4, 0.5) is 0 Å². The van der Waals surface area contributed by atoms with Crippen LogP contribution in [0.1, 0.15) is 0 Å². The molecule has 0 aliphatic rings. The molecule has 0 saturated carbocycles. The van der Waals surface area contributed by atoms with Crippen LogP contribution in [0.25, 0.3) is 10.9 Å². The van der Waals surface area contributed by atoms with E-state index in [4.69, 9.17) is 23.2 Å². The van der Waals surface area contributed by atoms with Crippen molar-refractivity contribution in [3.63, 3.8) is 0 Å². The normalized spacial score (nSPS) is 12.9. The predicted molar refractivity (Wildman–Crippen MR) is 71.5 cm³/mol. The third kappa shape index (κ3) is 2.12. The minimum Gasteiger partial charge on any atom is -0.349 e. The van der Waals surface area contributed by atoms with Gasteiger partial charge in [-0.3, -0.25) is 9.00 Å². The molecule has 0 aliphatic carbocycles. The Bertz CT molecular complexity index is 694. The summed E-state index contributed by atoms with van der Waals surface area (Å²) in [6, 6.07) is 3.17. The number of hydrogen-bond acceptors (Lipinski definition) is 2. The standard InChI is InChI=1S/C11H9Cl2NO2S/c1-14-5-9(17(2)16)11(15)10-7(13)3-6(12)4-8(10)14/h3-5H,1-2H3. The number of rotatable bonds is 1. The number of aromatic nitrogens is 1. The van der Waals surface area contributed by atoms with Gasteiger partial charge in [-0.1, -0.05) is 23.2 Å². The first-order chi connectivity index (χ1) is 7.91. The van der Waals surface area contributed by atoms with E-state index >= 15 is 0 Å². The van der Waals surface area contributed by atoms with Crippen LogP contribution in [-0.4, -0.2) is 15.0 Å². The molecule has 0 aliphatic heterocycles. The van der Waals surface area contributed by atoms with Gasteiger partial charge in [0.2, 0.25) is 5.43 Å². The lowest BCUT2D eigenvalue weighted by Gasteiger charge is -2.09. The number of fused-ring (bicyclic) bond motifs is 1. The van der Waals surface area contributed by atoms with Gasteiger partial charge in [0.1, 0.15) is 4.90 Å². The Kier molecular flexibility index (Phi) is 3.30. The molecule has 0 spiro atoms. The largest absolute Gasteiger partial charge is 0.349 e. The molecule has 0 N–H and O–H groups in total. The van der Waals surface area contributed by atoms with E-state index in [9.17, 15) is 9.00 Å². The highest BCUT2D eigenvalue weighted by Gasteiger charge is 2.13. The van der Waals surface area contributed by atoms with E-state index in [1.54, 1.807) is 23.9 Å². The molecule has 0 amide bonds. The van der Waals surface area contributed by atoms with Gasteiger partial charge in [0.15, 0.2) is 0 Å². The van der Waals surface area contributed by atoms with Gasteiger partial charge in [0, 0.05) is 24.5 Å². The molecule has 6 heteroatoms. The molecule has 1 heterocycles. The van der Waals surface area contributed by atoms with E-state index in [0.717, 1.165) is 0 Å². The Morgan fingerprint density at radius 1 is 1.29 bits per heavy atom. The maximum atomic E-state index is 12.1. The zero-order chi connectivity index (χ0) is 12.7. The van der Waals surface area contributed by atoms with Gasteiger partial charge in [-0.25, -0.2) is 0 Å². The summed E-state index contributed by atoms with van der Waals surface area (Å²) in [5.74, 6) is 0. The highest BCUT2D eigenvalue weighted by molar-refractivity contribution is 7.84. The molecule has 2 rings (SSSR count). The van der Waals surface area contributed by atoms with Crippen LogP contribution in [0, 0.1) is 0 Å². The number of benzene rings is 1. The number of pyridine rings is 1. The lowest BCUT2D eigenvalue weighted by Crippen LogP contribution is -2.14. The van der Waals surface area contributed by atoms with Crippen LogP contribution in [0.15, 0.2) is 28.0 Å². The van der Waals surface area contributed by atoms with Gasteiger partial charge in [-0.05, 0) is 12.1 Å². The Morgan fingerprint density at radius 3 is 2.53 bits per heavy atom. The molecule has 1 aromatic carbocycles. The Morgan fingerprint density at radius 2 is 1.94 bits per heavy atom. The first-order valence-corrected chi connectivity index (χ1v) is 7.05. The maximum absolute atomic E-state index is 12.1. The fourth-order valence-corrected chi connectivity index (χ4v) is 2.93. The summed E-state index contributed by atoms with van der Waals surface area (Å²) < 4.78 is 13.2. The van der Waals surface area contributed by atoms with Gasteiger partial charge in [0.05, 0.1) is 26.7 Å². The van der Waals surface area contributed by atoms with Crippen molar-refractivity contribution in [1.29, 1.82) is 0 Å². The summed E-state index contributed by atoms with van der Waals surface area (Å²) in [4.78, 5) is 12.4. The molecule has 17 heavy (non-hydrogen) atoms. The van der Waals surface area contributed by atoms with Crippen molar-refractivity contribution in [3.8, 4) is 0 Å². The molecule has 0 saturated heterocycles. The predicted octanol–water partition coefficient (Wildman–Crippen LogP) is 2.58. The van der Waals surface area contributed by atoms with Crippen LogP contribution in [-0.2, 0) is 17.8 Å². The van der Waals surface area contributed by atoms with Crippen molar-refractivity contribution in [2.75, 3.05) is 6.26 Å². The van der Waals surface area contributed by atoms with Gasteiger partial charge in [-0.15, -0.1) is 0 Å². The average molecular weight is 290 g/mol. The van der Waals surface area contributed by atoms with E-state index in [2.05, 4.69) is 0 Å². The summed E-state index contributed by atoms with van der Waals surface area (Å²) in [6.45, 7) is 0. The highest BCUT2D eigenvalue weighted by atomic mass is 35.5. The smallest absolute Gasteiger partial charge is 0.206 e. The third-order valence-corrected chi connectivity index (χ3v) is 3.91. The average Bonchev–Trinajstić information content (AvgIpc) is 2.21. The van der Waals surface area contributed by atoms with E-state index in [1.807, 2.05) is 0 Å². The zero-order valence-corrected chi connectivity index (χ0v) is 11.5. The van der Waals surface area contributed by atoms with Crippen molar-refractivity contribution in [1.82, 2.24) is 4.57 Å². The molecule has 1 unspecified atom stereocenters. The molecule has 2 aromatic rings. The lowest BCUT2D eigenvalue weighted by atomic mass is 10.2. The van der Waals surface area contributed by atoms with Gasteiger partial charge in [-0.2, -0.15) is 0 Å². The second-order valence-corrected chi connectivity index (χ2v) is 5.86. The first kappa shape index (κ1) is 12.6. The number of hydrogen-bond donors (Lipinski definition) is 0. The molecular formula is C11H9Cl2NO2S. The molecule has 0 bridgehead atoms. The topological polar surface area (TPSA) is 39.1 Å². The Labute approximate surface area is 110 Å². The second kappa shape index (κ2) is 4.44. The van der Waals surface area contributed by atoms with Gasteiger partial charge < -0.3 is 4.57 Å². The minimum atomic E-state index is -1.35. The zero-order valence-electron chi connectivity index (χ0n) is 9.16. The van der Waals surface area contributed by atoms with Gasteiger partial charge >= 0.3 is 0 Å². The van der Waals surface area contributed by atoms with Crippen LogP contribution >= 0.6 is 23.2 Å². The van der Waals surface area contributed by atoms with E-state index in [1.165, 1.54) is 12.3 Å². The monoisotopic (exact) mass is 289 g/mol. The fraction of sp³-hybridized carbons (Fsp3) is 0.182. The quantitative estimate of drug-likeness (QED) is 0.809. The number of nitrogens with zero attached hydrogens (tertiary/aromatic N) is 1. The van der Waals surface area contributed by atoms with Crippen LogP contribution < -0.4 is 5.43 Å². The molecular weight excluding hydrogens is 281 g/mol. The number of aryl methyl sites for hydroxylation is 1. The minimum absolute atomic E-state index is 0.240. The van der Waals surface area contributed by atoms with Crippen molar-refractivity contribution in [3.05, 3.63) is 38.6 Å². The van der Waals surface area contributed by atoms with Crippen LogP contribution in [0.5, 0.6) is 0 Å². The van der Waals surface area contributed by atoms with Crippen molar-refractivity contribution < 1.29 is 4.21 Å². The SMILES string of the molecule is Cn1cc(S(C)=O)c(=O)c2c(Cl)cc(Cl)cc21. The first-order valence-electron chi connectivity index (χ1n) is 4.73. The van der Waals surface area contributed by atoms with E-state index in [-0.39, 0.29) is 15.3 Å². The highest BCUT2D eigenvalue weighted by Crippen LogP contribution is 2.25. The van der Waals surface area contributed by atoms with E-state index in [0.29, 0.717) is 15.9 Å². The fourth-order valence-electron chi connectivity index (χ4n) is 1.69. The molecule has 1 aromatic heterocycles. The Hall–Kier alpha value is -0.840. The van der Waals surface area contributed by atoms with Gasteiger partial charge in [0.25, 0.3) is 0 Å². The molecule has 1 atom stereocenters. The summed E-state index contributed by atoms with van der Waals surface area (Å²) in [5, 5.41) is 1.09. The van der Waals surface area contributed by atoms with Crippen LogP contribution in [0.2, 0.25) is 10.0 Å². The summed E-state index contributed by atoms with van der Waals surface area (Å²) in [6.07, 6.45) is 3.01. The molecule has 0 fully saturated rings. The molecule has 90 valence electrons. The van der Waals surface area contributed by atoms with Crippen molar-refractivity contribution in [2.45, 2.75) is 4.90 Å². The summed E-state index contributed by atoms with van der Waals surface area (Å²) >= 11 is 11.9. The lowest BCUT2D eigenvalue weighted by molar-refractivity contribution is 0.685.